The van der Waals surface area contributed by atoms with Crippen molar-refractivity contribution < 1.29 is 4.74 Å². The minimum atomic E-state index is 0.220. The standard InChI is InChI=1S/C11H20N2O/c12-11(3-4-11)5-6-13-9-1-2-10(13)8-14-7-9/h9-10H,1-8,12H2. The zero-order valence-electron chi connectivity index (χ0n) is 8.74. The molecule has 3 rings (SSSR count). The predicted molar refractivity (Wildman–Crippen MR) is 55.1 cm³/mol. The van der Waals surface area contributed by atoms with Crippen molar-refractivity contribution in [3.63, 3.8) is 0 Å². The Labute approximate surface area is 85.6 Å². The average Bonchev–Trinajstić information content (AvgIpc) is 2.87. The molecule has 1 aliphatic carbocycles. The van der Waals surface area contributed by atoms with Gasteiger partial charge in [-0.3, -0.25) is 4.90 Å². The Balaban J connectivity index is 1.56. The zero-order valence-corrected chi connectivity index (χ0v) is 8.74. The van der Waals surface area contributed by atoms with E-state index < -0.39 is 0 Å². The molecule has 1 saturated carbocycles. The van der Waals surface area contributed by atoms with E-state index in [1.54, 1.807) is 0 Å². The zero-order chi connectivity index (χ0) is 9.60. The first-order chi connectivity index (χ1) is 6.77. The topological polar surface area (TPSA) is 38.5 Å². The van der Waals surface area contributed by atoms with Crippen LogP contribution >= 0.6 is 0 Å². The van der Waals surface area contributed by atoms with Crippen LogP contribution in [-0.2, 0) is 4.74 Å². The highest BCUT2D eigenvalue weighted by molar-refractivity contribution is 5.00. The summed E-state index contributed by atoms with van der Waals surface area (Å²) in [5, 5.41) is 0. The lowest BCUT2D eigenvalue weighted by atomic mass is 10.1. The first kappa shape index (κ1) is 9.13. The molecule has 2 bridgehead atoms. The summed E-state index contributed by atoms with van der Waals surface area (Å²) < 4.78 is 5.56. The van der Waals surface area contributed by atoms with Gasteiger partial charge in [-0.2, -0.15) is 0 Å². The van der Waals surface area contributed by atoms with Gasteiger partial charge in [0.2, 0.25) is 0 Å². The number of morpholine rings is 1. The third-order valence-electron chi connectivity index (χ3n) is 4.15. The van der Waals surface area contributed by atoms with Gasteiger partial charge in [-0.1, -0.05) is 0 Å². The van der Waals surface area contributed by atoms with Crippen LogP contribution in [0, 0.1) is 0 Å². The van der Waals surface area contributed by atoms with Crippen molar-refractivity contribution in [2.24, 2.45) is 5.73 Å². The third-order valence-corrected chi connectivity index (χ3v) is 4.15. The Morgan fingerprint density at radius 2 is 1.86 bits per heavy atom. The van der Waals surface area contributed by atoms with Gasteiger partial charge >= 0.3 is 0 Å². The van der Waals surface area contributed by atoms with E-state index in [0.29, 0.717) is 12.1 Å². The molecule has 0 aromatic rings. The minimum Gasteiger partial charge on any atom is -0.378 e. The summed E-state index contributed by atoms with van der Waals surface area (Å²) in [7, 11) is 0. The minimum absolute atomic E-state index is 0.220. The fraction of sp³-hybridized carbons (Fsp3) is 1.00. The maximum Gasteiger partial charge on any atom is 0.0622 e. The van der Waals surface area contributed by atoms with Crippen molar-refractivity contribution in [3.05, 3.63) is 0 Å². The average molecular weight is 196 g/mol. The Kier molecular flexibility index (Phi) is 2.08. The molecule has 0 spiro atoms. The molecule has 2 unspecified atom stereocenters. The van der Waals surface area contributed by atoms with Gasteiger partial charge in [0.05, 0.1) is 13.2 Å². The Bertz CT molecular complexity index is 211. The van der Waals surface area contributed by atoms with Crippen LogP contribution < -0.4 is 5.73 Å². The Morgan fingerprint density at radius 3 is 2.43 bits per heavy atom. The van der Waals surface area contributed by atoms with E-state index in [9.17, 15) is 0 Å². The van der Waals surface area contributed by atoms with Gasteiger partial charge in [-0.05, 0) is 32.1 Å². The smallest absolute Gasteiger partial charge is 0.0622 e. The van der Waals surface area contributed by atoms with Crippen LogP contribution in [0.5, 0.6) is 0 Å². The Morgan fingerprint density at radius 1 is 1.21 bits per heavy atom. The second-order valence-electron chi connectivity index (χ2n) is 5.27. The number of ether oxygens (including phenoxy) is 1. The Hall–Kier alpha value is -0.120. The molecule has 0 radical (unpaired) electrons. The molecule has 2 N–H and O–H groups in total. The van der Waals surface area contributed by atoms with Crippen LogP contribution in [0.1, 0.15) is 32.1 Å². The molecule has 2 aliphatic heterocycles. The maximum atomic E-state index is 6.12. The van der Waals surface area contributed by atoms with Crippen LogP contribution in [-0.4, -0.2) is 42.3 Å². The highest BCUT2D eigenvalue weighted by atomic mass is 16.5. The molecule has 3 heteroatoms. The van der Waals surface area contributed by atoms with E-state index in [1.807, 2.05) is 0 Å². The maximum absolute atomic E-state index is 6.12. The van der Waals surface area contributed by atoms with Gasteiger partial charge in [0.25, 0.3) is 0 Å². The van der Waals surface area contributed by atoms with Crippen molar-refractivity contribution in [1.29, 1.82) is 0 Å². The third kappa shape index (κ3) is 1.58. The quantitative estimate of drug-likeness (QED) is 0.723. The summed E-state index contributed by atoms with van der Waals surface area (Å²) in [5.74, 6) is 0. The lowest BCUT2D eigenvalue weighted by Crippen LogP contribution is -2.47. The number of fused-ring (bicyclic) bond motifs is 2. The molecule has 80 valence electrons. The fourth-order valence-electron chi connectivity index (χ4n) is 2.84. The van der Waals surface area contributed by atoms with Crippen LogP contribution in [0.3, 0.4) is 0 Å². The van der Waals surface area contributed by atoms with Crippen molar-refractivity contribution in [2.75, 3.05) is 19.8 Å². The van der Waals surface area contributed by atoms with E-state index in [-0.39, 0.29) is 5.54 Å². The second kappa shape index (κ2) is 3.19. The van der Waals surface area contributed by atoms with Crippen LogP contribution in [0.25, 0.3) is 0 Å². The van der Waals surface area contributed by atoms with Crippen LogP contribution in [0.2, 0.25) is 0 Å². The molecular weight excluding hydrogens is 176 g/mol. The first-order valence-electron chi connectivity index (χ1n) is 5.89. The molecule has 0 aromatic carbocycles. The lowest BCUT2D eigenvalue weighted by molar-refractivity contribution is -0.0158. The van der Waals surface area contributed by atoms with Crippen LogP contribution in [0.4, 0.5) is 0 Å². The lowest BCUT2D eigenvalue weighted by Gasteiger charge is -2.35. The van der Waals surface area contributed by atoms with E-state index in [4.69, 9.17) is 10.5 Å². The van der Waals surface area contributed by atoms with Crippen molar-refractivity contribution in [1.82, 2.24) is 4.90 Å². The fourth-order valence-corrected chi connectivity index (χ4v) is 2.84. The van der Waals surface area contributed by atoms with Crippen molar-refractivity contribution in [3.8, 4) is 0 Å². The van der Waals surface area contributed by atoms with Gasteiger partial charge in [0.1, 0.15) is 0 Å². The number of rotatable bonds is 3. The molecule has 2 heterocycles. The molecular formula is C11H20N2O. The molecule has 3 aliphatic rings. The molecule has 14 heavy (non-hydrogen) atoms. The predicted octanol–water partition coefficient (Wildman–Crippen LogP) is 0.731. The van der Waals surface area contributed by atoms with Gasteiger partial charge in [0, 0.05) is 24.2 Å². The summed E-state index contributed by atoms with van der Waals surface area (Å²) in [6.45, 7) is 3.11. The van der Waals surface area contributed by atoms with Gasteiger partial charge < -0.3 is 10.5 Å². The SMILES string of the molecule is NC1(CCN2C3CCC2COC3)CC1. The van der Waals surface area contributed by atoms with E-state index in [0.717, 1.165) is 13.2 Å². The molecule has 0 aromatic heterocycles. The van der Waals surface area contributed by atoms with Gasteiger partial charge in [-0.25, -0.2) is 0 Å². The summed E-state index contributed by atoms with van der Waals surface area (Å²) in [6.07, 6.45) is 6.35. The molecule has 0 amide bonds. The number of nitrogens with zero attached hydrogens (tertiary/aromatic N) is 1. The van der Waals surface area contributed by atoms with Crippen molar-refractivity contribution in [2.45, 2.75) is 49.7 Å². The number of nitrogens with two attached hydrogens (primary N) is 1. The molecule has 3 nitrogen and oxygen atoms in total. The molecule has 2 atom stereocenters. The summed E-state index contributed by atoms with van der Waals surface area (Å²) in [5.41, 5.74) is 6.34. The van der Waals surface area contributed by atoms with E-state index in [2.05, 4.69) is 4.90 Å². The largest absolute Gasteiger partial charge is 0.378 e. The summed E-state index contributed by atoms with van der Waals surface area (Å²) in [6, 6.07) is 1.41. The first-order valence-corrected chi connectivity index (χ1v) is 5.89. The van der Waals surface area contributed by atoms with E-state index in [1.165, 1.54) is 38.6 Å². The highest BCUT2D eigenvalue weighted by Gasteiger charge is 2.41. The normalized spacial score (nSPS) is 40.1. The molecule has 2 saturated heterocycles. The monoisotopic (exact) mass is 196 g/mol. The second-order valence-corrected chi connectivity index (χ2v) is 5.27. The summed E-state index contributed by atoms with van der Waals surface area (Å²) >= 11 is 0. The number of hydrogen-bond donors (Lipinski definition) is 1. The van der Waals surface area contributed by atoms with Crippen LogP contribution in [0.15, 0.2) is 0 Å². The number of hydrogen-bond acceptors (Lipinski definition) is 3. The van der Waals surface area contributed by atoms with E-state index >= 15 is 0 Å². The highest BCUT2D eigenvalue weighted by Crippen LogP contribution is 2.37. The summed E-state index contributed by atoms with van der Waals surface area (Å²) in [4.78, 5) is 2.65. The van der Waals surface area contributed by atoms with Gasteiger partial charge in [0.15, 0.2) is 0 Å². The van der Waals surface area contributed by atoms with Gasteiger partial charge in [-0.15, -0.1) is 0 Å². The van der Waals surface area contributed by atoms with Crippen molar-refractivity contribution >= 4 is 0 Å². The molecule has 3 fully saturated rings.